The summed E-state index contributed by atoms with van der Waals surface area (Å²) in [6.45, 7) is 3.43. The fourth-order valence-corrected chi connectivity index (χ4v) is 4.48. The molecular weight excluding hydrogens is 459 g/mol. The highest BCUT2D eigenvalue weighted by Gasteiger charge is 2.40. The lowest BCUT2D eigenvalue weighted by molar-refractivity contribution is -0.140. The molecule has 0 aliphatic carbocycles. The second-order valence-corrected chi connectivity index (χ2v) is 8.39. The van der Waals surface area contributed by atoms with Gasteiger partial charge in [-0.05, 0) is 24.6 Å². The van der Waals surface area contributed by atoms with Crippen molar-refractivity contribution in [3.05, 3.63) is 88.0 Å². The van der Waals surface area contributed by atoms with E-state index < -0.39 is 23.3 Å². The lowest BCUT2D eigenvalue weighted by Gasteiger charge is -2.36. The van der Waals surface area contributed by atoms with Gasteiger partial charge in [0.1, 0.15) is 11.2 Å². The molecule has 3 heterocycles. The molecule has 4 aromatic rings. The van der Waals surface area contributed by atoms with Gasteiger partial charge in [0.25, 0.3) is 11.5 Å². The minimum Gasteiger partial charge on any atom is -0.368 e. The van der Waals surface area contributed by atoms with Crippen LogP contribution in [0.5, 0.6) is 0 Å². The Labute approximate surface area is 198 Å². The van der Waals surface area contributed by atoms with Crippen LogP contribution in [0.3, 0.4) is 0 Å². The normalized spacial score (nSPS) is 14.5. The van der Waals surface area contributed by atoms with Crippen LogP contribution in [0.15, 0.2) is 65.5 Å². The number of fused-ring (bicyclic) bond motifs is 1. The zero-order valence-corrected chi connectivity index (χ0v) is 18.8. The van der Waals surface area contributed by atoms with Gasteiger partial charge in [0.15, 0.2) is 5.69 Å². The minimum absolute atomic E-state index is 0.100. The van der Waals surface area contributed by atoms with Crippen molar-refractivity contribution >= 4 is 17.2 Å². The fourth-order valence-electron chi connectivity index (χ4n) is 4.48. The van der Waals surface area contributed by atoms with Gasteiger partial charge >= 0.3 is 6.18 Å². The van der Waals surface area contributed by atoms with Crippen LogP contribution >= 0.6 is 0 Å². The summed E-state index contributed by atoms with van der Waals surface area (Å²) < 4.78 is 42.2. The second-order valence-electron chi connectivity index (χ2n) is 8.39. The number of piperazine rings is 1. The highest BCUT2D eigenvalue weighted by Crippen LogP contribution is 2.38. The first-order valence-electron chi connectivity index (χ1n) is 11.1. The predicted molar refractivity (Wildman–Crippen MR) is 126 cm³/mol. The van der Waals surface area contributed by atoms with Crippen molar-refractivity contribution in [3.8, 4) is 11.1 Å². The second kappa shape index (κ2) is 8.61. The van der Waals surface area contributed by atoms with Gasteiger partial charge in [-0.15, -0.1) is 0 Å². The summed E-state index contributed by atoms with van der Waals surface area (Å²) in [5, 5.41) is 3.61. The summed E-state index contributed by atoms with van der Waals surface area (Å²) in [4.78, 5) is 33.2. The number of nitrogens with one attached hydrogen (secondary N) is 1. The molecule has 35 heavy (non-hydrogen) atoms. The van der Waals surface area contributed by atoms with Crippen LogP contribution in [0.4, 0.5) is 18.9 Å². The SMILES string of the molecule is Cc1[nH]c2c(-c3ccccc3)c(C(F)(F)F)nn2c(=O)c1C(=O)N1CCN(c2ccccc2)CC1. The molecule has 2 aromatic carbocycles. The third-order valence-corrected chi connectivity index (χ3v) is 6.21. The van der Waals surface area contributed by atoms with Crippen LogP contribution in [0.25, 0.3) is 16.8 Å². The van der Waals surface area contributed by atoms with Gasteiger partial charge in [-0.1, -0.05) is 48.5 Å². The Balaban J connectivity index is 1.53. The number of nitrogens with zero attached hydrogens (tertiary/aromatic N) is 4. The van der Waals surface area contributed by atoms with E-state index in [1.807, 2.05) is 30.3 Å². The van der Waals surface area contributed by atoms with E-state index in [0.717, 1.165) is 5.69 Å². The molecule has 1 aliphatic heterocycles. The Morgan fingerprint density at radius 2 is 1.54 bits per heavy atom. The summed E-state index contributed by atoms with van der Waals surface area (Å²) in [6, 6.07) is 17.7. The number of anilines is 1. The van der Waals surface area contributed by atoms with Crippen molar-refractivity contribution in [3.63, 3.8) is 0 Å². The lowest BCUT2D eigenvalue weighted by Crippen LogP contribution is -2.50. The molecule has 1 saturated heterocycles. The van der Waals surface area contributed by atoms with Crippen LogP contribution in [0, 0.1) is 6.92 Å². The van der Waals surface area contributed by atoms with Crippen molar-refractivity contribution in [2.24, 2.45) is 0 Å². The summed E-state index contributed by atoms with van der Waals surface area (Å²) in [5.74, 6) is -0.524. The maximum Gasteiger partial charge on any atom is 0.435 e. The standard InChI is InChI=1S/C25H22F3N5O2/c1-16-19(23(34)32-14-12-31(13-15-32)18-10-6-3-7-11-18)24(35)33-22(29-16)20(17-8-4-2-5-9-17)21(30-33)25(26,27)28/h2-11,29H,12-15H2,1H3. The maximum atomic E-state index is 13.9. The smallest absolute Gasteiger partial charge is 0.368 e. The van der Waals surface area contributed by atoms with E-state index in [1.54, 1.807) is 23.1 Å². The minimum atomic E-state index is -4.79. The molecule has 0 radical (unpaired) electrons. The van der Waals surface area contributed by atoms with Crippen LogP contribution in [0.1, 0.15) is 21.7 Å². The first-order valence-corrected chi connectivity index (χ1v) is 11.1. The summed E-state index contributed by atoms with van der Waals surface area (Å²) >= 11 is 0. The number of benzene rings is 2. The van der Waals surface area contributed by atoms with E-state index in [1.165, 1.54) is 19.1 Å². The number of carbonyl (C=O) groups excluding carboxylic acids is 1. The number of alkyl halides is 3. The van der Waals surface area contributed by atoms with Crippen LogP contribution < -0.4 is 10.5 Å². The number of para-hydroxylation sites is 1. The van der Waals surface area contributed by atoms with Crippen LogP contribution in [0.2, 0.25) is 0 Å². The molecule has 0 unspecified atom stereocenters. The van der Waals surface area contributed by atoms with E-state index in [2.05, 4.69) is 15.0 Å². The molecular formula is C25H22F3N5O2. The quantitative estimate of drug-likeness (QED) is 0.481. The molecule has 7 nitrogen and oxygen atoms in total. The van der Waals surface area contributed by atoms with Crippen molar-refractivity contribution < 1.29 is 18.0 Å². The largest absolute Gasteiger partial charge is 0.435 e. The van der Waals surface area contributed by atoms with Crippen LogP contribution in [-0.4, -0.2) is 51.6 Å². The van der Waals surface area contributed by atoms with Crippen molar-refractivity contribution in [2.75, 3.05) is 31.1 Å². The topological polar surface area (TPSA) is 73.7 Å². The number of halogens is 3. The van der Waals surface area contributed by atoms with Gasteiger partial charge in [-0.25, -0.2) is 0 Å². The van der Waals surface area contributed by atoms with E-state index in [0.29, 0.717) is 30.7 Å². The Morgan fingerprint density at radius 1 is 0.943 bits per heavy atom. The molecule has 0 spiro atoms. The zero-order chi connectivity index (χ0) is 24.7. The summed E-state index contributed by atoms with van der Waals surface area (Å²) in [7, 11) is 0. The van der Waals surface area contributed by atoms with Crippen molar-refractivity contribution in [1.82, 2.24) is 19.5 Å². The predicted octanol–water partition coefficient (Wildman–Crippen LogP) is 3.98. The first-order chi connectivity index (χ1) is 16.8. The Kier molecular flexibility index (Phi) is 5.58. The fraction of sp³-hybridized carbons (Fsp3) is 0.240. The summed E-state index contributed by atoms with van der Waals surface area (Å²) in [6.07, 6.45) is -4.79. The number of aryl methyl sites for hydroxylation is 1. The monoisotopic (exact) mass is 481 g/mol. The highest BCUT2D eigenvalue weighted by atomic mass is 19.4. The maximum absolute atomic E-state index is 13.9. The van der Waals surface area contributed by atoms with Gasteiger partial charge in [0.05, 0.1) is 5.56 Å². The molecule has 0 atom stereocenters. The number of aromatic amines is 1. The number of hydrogen-bond acceptors (Lipinski definition) is 4. The van der Waals surface area contributed by atoms with E-state index in [4.69, 9.17) is 0 Å². The van der Waals surface area contributed by atoms with Gasteiger partial charge in [0, 0.05) is 37.6 Å². The number of amides is 1. The summed E-state index contributed by atoms with van der Waals surface area (Å²) in [5.41, 5.74) is -1.09. The zero-order valence-electron chi connectivity index (χ0n) is 18.8. The molecule has 1 fully saturated rings. The molecule has 1 N–H and O–H groups in total. The molecule has 1 amide bonds. The Hall–Kier alpha value is -4.08. The molecule has 0 saturated carbocycles. The van der Waals surface area contributed by atoms with E-state index in [9.17, 15) is 22.8 Å². The average Bonchev–Trinajstić information content (AvgIpc) is 3.25. The Morgan fingerprint density at radius 3 is 2.14 bits per heavy atom. The molecule has 10 heteroatoms. The number of carbonyl (C=O) groups is 1. The Bertz CT molecular complexity index is 1440. The van der Waals surface area contributed by atoms with Crippen LogP contribution in [-0.2, 0) is 6.18 Å². The lowest BCUT2D eigenvalue weighted by atomic mass is 10.1. The van der Waals surface area contributed by atoms with Gasteiger partial charge in [-0.3, -0.25) is 9.59 Å². The number of H-pyrrole nitrogens is 1. The van der Waals surface area contributed by atoms with Crippen molar-refractivity contribution in [1.29, 1.82) is 0 Å². The van der Waals surface area contributed by atoms with Gasteiger partial charge in [-0.2, -0.15) is 22.8 Å². The molecule has 180 valence electrons. The third kappa shape index (κ3) is 4.05. The van der Waals surface area contributed by atoms with Gasteiger partial charge < -0.3 is 14.8 Å². The molecule has 5 rings (SSSR count). The van der Waals surface area contributed by atoms with E-state index in [-0.39, 0.29) is 28.0 Å². The number of rotatable bonds is 3. The van der Waals surface area contributed by atoms with Crippen molar-refractivity contribution in [2.45, 2.75) is 13.1 Å². The number of hydrogen-bond donors (Lipinski definition) is 1. The first kappa shape index (κ1) is 22.7. The average molecular weight is 481 g/mol. The highest BCUT2D eigenvalue weighted by molar-refractivity contribution is 5.95. The molecule has 0 bridgehead atoms. The molecule has 2 aromatic heterocycles. The van der Waals surface area contributed by atoms with Gasteiger partial charge in [0.2, 0.25) is 0 Å². The third-order valence-electron chi connectivity index (χ3n) is 6.21. The van der Waals surface area contributed by atoms with E-state index >= 15 is 0 Å². The molecule has 1 aliphatic rings. The number of aromatic nitrogens is 3.